The second kappa shape index (κ2) is 6.93. The third-order valence-corrected chi connectivity index (χ3v) is 6.52. The first kappa shape index (κ1) is 18.8. The normalized spacial score (nSPS) is 20.1. The van der Waals surface area contributed by atoms with Crippen LogP contribution in [0.4, 0.5) is 0 Å². The molecule has 0 spiro atoms. The quantitative estimate of drug-likeness (QED) is 0.536. The standard InChI is InChI=1S/C23H25N5O2/c1-23(2,16-8-4-3-5-9-16)25-22(29)20-18-13-15-7-6-10-17(15)21(18)28(26-20)19-14-27(30)12-11-24-19/h3-5,8-9,11-12,14-15,17H,6-7,10,13H2,1-2H3,(H,25,29)/t15-,17-/m0/s1. The Balaban J connectivity index is 1.55. The summed E-state index contributed by atoms with van der Waals surface area (Å²) in [5, 5.41) is 19.7. The molecule has 1 amide bonds. The summed E-state index contributed by atoms with van der Waals surface area (Å²) in [6, 6.07) is 9.92. The average Bonchev–Trinajstić information content (AvgIpc) is 3.40. The highest BCUT2D eigenvalue weighted by Crippen LogP contribution is 2.49. The molecule has 1 fully saturated rings. The summed E-state index contributed by atoms with van der Waals surface area (Å²) >= 11 is 0. The van der Waals surface area contributed by atoms with Gasteiger partial charge in [0.1, 0.15) is 0 Å². The van der Waals surface area contributed by atoms with Gasteiger partial charge in [0.25, 0.3) is 5.91 Å². The van der Waals surface area contributed by atoms with Gasteiger partial charge < -0.3 is 10.5 Å². The van der Waals surface area contributed by atoms with Crippen LogP contribution in [0.5, 0.6) is 0 Å². The second-order valence-corrected chi connectivity index (χ2v) is 8.85. The molecule has 2 aliphatic carbocycles. The molecule has 2 aliphatic rings. The fourth-order valence-corrected chi connectivity index (χ4v) is 5.05. The van der Waals surface area contributed by atoms with E-state index < -0.39 is 5.54 Å². The van der Waals surface area contributed by atoms with E-state index in [1.807, 2.05) is 44.2 Å². The maximum atomic E-state index is 13.4. The Bertz CT molecular complexity index is 1110. The van der Waals surface area contributed by atoms with Crippen molar-refractivity contribution < 1.29 is 9.52 Å². The predicted octanol–water partition coefficient (Wildman–Crippen LogP) is 3.01. The minimum atomic E-state index is -0.535. The van der Waals surface area contributed by atoms with Crippen LogP contribution in [0.1, 0.15) is 66.3 Å². The molecule has 2 aromatic heterocycles. The van der Waals surface area contributed by atoms with Crippen LogP contribution in [-0.2, 0) is 12.0 Å². The molecule has 3 aromatic rings. The first-order chi connectivity index (χ1) is 14.4. The van der Waals surface area contributed by atoms with Gasteiger partial charge in [0.2, 0.25) is 12.0 Å². The SMILES string of the molecule is CC(C)(NC(=O)c1nn(-c2c[n+]([O-])ccn2)c2c1C[C@@H]1CCC[C@H]21)c1ccccc1. The maximum Gasteiger partial charge on any atom is 0.272 e. The lowest BCUT2D eigenvalue weighted by molar-refractivity contribution is -0.605. The Morgan fingerprint density at radius 2 is 2.07 bits per heavy atom. The van der Waals surface area contributed by atoms with Gasteiger partial charge >= 0.3 is 0 Å². The third-order valence-electron chi connectivity index (χ3n) is 6.52. The van der Waals surface area contributed by atoms with Crippen LogP contribution >= 0.6 is 0 Å². The number of aromatic nitrogens is 4. The molecule has 154 valence electrons. The number of carbonyl (C=O) groups excluding carboxylic acids is 1. The lowest BCUT2D eigenvalue weighted by Gasteiger charge is -2.26. The number of rotatable bonds is 4. The Kier molecular flexibility index (Phi) is 4.34. The minimum absolute atomic E-state index is 0.190. The van der Waals surface area contributed by atoms with Gasteiger partial charge in [-0.1, -0.05) is 36.8 Å². The zero-order chi connectivity index (χ0) is 20.9. The molecule has 0 unspecified atom stereocenters. The monoisotopic (exact) mass is 403 g/mol. The molecule has 0 aliphatic heterocycles. The molecule has 2 atom stereocenters. The summed E-state index contributed by atoms with van der Waals surface area (Å²) in [7, 11) is 0. The number of carbonyl (C=O) groups is 1. The van der Waals surface area contributed by atoms with E-state index in [9.17, 15) is 10.0 Å². The first-order valence-electron chi connectivity index (χ1n) is 10.5. The molecule has 1 aromatic carbocycles. The van der Waals surface area contributed by atoms with Crippen LogP contribution in [0.3, 0.4) is 0 Å². The van der Waals surface area contributed by atoms with Gasteiger partial charge in [-0.3, -0.25) is 4.79 Å². The molecule has 1 N–H and O–H groups in total. The molecule has 0 saturated heterocycles. The first-order valence-corrected chi connectivity index (χ1v) is 10.5. The van der Waals surface area contributed by atoms with Crippen molar-refractivity contribution in [2.75, 3.05) is 0 Å². The minimum Gasteiger partial charge on any atom is -0.619 e. The second-order valence-electron chi connectivity index (χ2n) is 8.85. The molecule has 7 heteroatoms. The molecule has 1 saturated carbocycles. The van der Waals surface area contributed by atoms with E-state index in [4.69, 9.17) is 0 Å². The number of benzene rings is 1. The lowest BCUT2D eigenvalue weighted by Crippen LogP contribution is -2.41. The van der Waals surface area contributed by atoms with E-state index in [2.05, 4.69) is 15.4 Å². The van der Waals surface area contributed by atoms with Crippen LogP contribution in [0, 0.1) is 11.1 Å². The van der Waals surface area contributed by atoms with Gasteiger partial charge in [0, 0.05) is 11.5 Å². The van der Waals surface area contributed by atoms with E-state index in [1.54, 1.807) is 4.68 Å². The number of nitrogens with one attached hydrogen (secondary N) is 1. The summed E-state index contributed by atoms with van der Waals surface area (Å²) in [5.41, 5.74) is 3.01. The van der Waals surface area contributed by atoms with Crippen molar-refractivity contribution in [1.82, 2.24) is 20.1 Å². The summed E-state index contributed by atoms with van der Waals surface area (Å²) in [6.45, 7) is 3.98. The van der Waals surface area contributed by atoms with Crippen molar-refractivity contribution in [1.29, 1.82) is 0 Å². The van der Waals surface area contributed by atoms with Gasteiger partial charge in [-0.15, -0.1) is 0 Å². The number of hydrogen-bond acceptors (Lipinski definition) is 4. The van der Waals surface area contributed by atoms with Crippen LogP contribution in [0.2, 0.25) is 0 Å². The summed E-state index contributed by atoms with van der Waals surface area (Å²) < 4.78 is 2.44. The smallest absolute Gasteiger partial charge is 0.272 e. The molecule has 0 radical (unpaired) electrons. The fourth-order valence-electron chi connectivity index (χ4n) is 5.05. The van der Waals surface area contributed by atoms with Crippen molar-refractivity contribution in [3.05, 3.63) is 76.6 Å². The number of fused-ring (bicyclic) bond motifs is 3. The Morgan fingerprint density at radius 3 is 2.83 bits per heavy atom. The van der Waals surface area contributed by atoms with E-state index >= 15 is 0 Å². The van der Waals surface area contributed by atoms with Gasteiger partial charge in [-0.25, -0.2) is 9.67 Å². The van der Waals surface area contributed by atoms with E-state index in [0.717, 1.165) is 34.4 Å². The Morgan fingerprint density at radius 1 is 1.27 bits per heavy atom. The molecule has 2 heterocycles. The van der Waals surface area contributed by atoms with Crippen LogP contribution < -0.4 is 10.0 Å². The Hall–Kier alpha value is -3.22. The summed E-state index contributed by atoms with van der Waals surface area (Å²) in [6.07, 6.45) is 8.53. The van der Waals surface area contributed by atoms with Crippen LogP contribution in [-0.4, -0.2) is 20.7 Å². The largest absolute Gasteiger partial charge is 0.619 e. The predicted molar refractivity (Wildman–Crippen MR) is 111 cm³/mol. The summed E-state index contributed by atoms with van der Waals surface area (Å²) in [4.78, 5) is 17.7. The Labute approximate surface area is 175 Å². The third kappa shape index (κ3) is 3.05. The highest BCUT2D eigenvalue weighted by Gasteiger charge is 2.43. The van der Waals surface area contributed by atoms with E-state index in [1.165, 1.54) is 31.4 Å². The van der Waals surface area contributed by atoms with Gasteiger partial charge in [0.05, 0.1) is 17.4 Å². The van der Waals surface area contributed by atoms with Crippen molar-refractivity contribution in [3.8, 4) is 5.82 Å². The highest BCUT2D eigenvalue weighted by molar-refractivity contribution is 5.95. The topological polar surface area (TPSA) is 86.8 Å². The van der Waals surface area contributed by atoms with Crippen LogP contribution in [0.25, 0.3) is 5.82 Å². The van der Waals surface area contributed by atoms with Gasteiger partial charge in [-0.2, -0.15) is 9.83 Å². The van der Waals surface area contributed by atoms with E-state index in [-0.39, 0.29) is 5.91 Å². The molecule has 30 heavy (non-hydrogen) atoms. The highest BCUT2D eigenvalue weighted by atomic mass is 16.5. The molecule has 0 bridgehead atoms. The van der Waals surface area contributed by atoms with E-state index in [0.29, 0.717) is 23.3 Å². The molecular formula is C23H25N5O2. The zero-order valence-electron chi connectivity index (χ0n) is 17.2. The van der Waals surface area contributed by atoms with Gasteiger partial charge in [-0.05, 0) is 44.6 Å². The molecule has 7 nitrogen and oxygen atoms in total. The lowest BCUT2D eigenvalue weighted by atomic mass is 9.94. The number of nitrogens with zero attached hydrogens (tertiary/aromatic N) is 4. The number of amides is 1. The summed E-state index contributed by atoms with van der Waals surface area (Å²) in [5.74, 6) is 1.18. The van der Waals surface area contributed by atoms with Crippen LogP contribution in [0.15, 0.2) is 48.9 Å². The molecular weight excluding hydrogens is 378 g/mol. The molecule has 5 rings (SSSR count). The average molecular weight is 403 g/mol. The van der Waals surface area contributed by atoms with Crippen molar-refractivity contribution in [3.63, 3.8) is 0 Å². The van der Waals surface area contributed by atoms with Crippen molar-refractivity contribution in [2.45, 2.75) is 51.0 Å². The fraction of sp³-hybridized carbons (Fsp3) is 0.391. The van der Waals surface area contributed by atoms with Gasteiger partial charge in [0.15, 0.2) is 11.9 Å². The zero-order valence-corrected chi connectivity index (χ0v) is 17.2. The van der Waals surface area contributed by atoms with Crippen molar-refractivity contribution in [2.24, 2.45) is 5.92 Å². The van der Waals surface area contributed by atoms with Crippen molar-refractivity contribution >= 4 is 5.91 Å². The number of hydrogen-bond donors (Lipinski definition) is 1. The maximum absolute atomic E-state index is 13.4.